The maximum Gasteiger partial charge on any atom is 0.170 e. The lowest BCUT2D eigenvalue weighted by atomic mass is 9.82. The number of pyridine rings is 1. The van der Waals surface area contributed by atoms with Gasteiger partial charge in [0.05, 0.1) is 35.1 Å². The summed E-state index contributed by atoms with van der Waals surface area (Å²) in [5.41, 5.74) is 8.78. The van der Waals surface area contributed by atoms with Crippen molar-refractivity contribution in [3.05, 3.63) is 30.1 Å². The van der Waals surface area contributed by atoms with Gasteiger partial charge in [-0.15, -0.1) is 18.2 Å². The van der Waals surface area contributed by atoms with E-state index in [1.807, 2.05) is 0 Å². The number of carbonyl (C=O) groups excluding carboxylic acids is 1. The Bertz CT molecular complexity index is 722. The van der Waals surface area contributed by atoms with E-state index in [0.29, 0.717) is 35.7 Å². The van der Waals surface area contributed by atoms with Crippen LogP contribution >= 0.6 is 11.6 Å². The molecule has 21 heavy (non-hydrogen) atoms. The van der Waals surface area contributed by atoms with Gasteiger partial charge in [0.25, 0.3) is 0 Å². The lowest BCUT2D eigenvalue weighted by Gasteiger charge is -2.23. The normalized spacial score (nSPS) is 18.0. The van der Waals surface area contributed by atoms with E-state index >= 15 is 0 Å². The van der Waals surface area contributed by atoms with Crippen molar-refractivity contribution in [1.29, 1.82) is 0 Å². The average Bonchev–Trinajstić information content (AvgIpc) is 2.86. The first-order valence-corrected chi connectivity index (χ1v) is 7.55. The van der Waals surface area contributed by atoms with Crippen LogP contribution in [0.25, 0.3) is 11.0 Å². The second-order valence-electron chi connectivity index (χ2n) is 5.27. The third kappa shape index (κ3) is 2.21. The molecule has 0 saturated carbocycles. The number of ketones is 1. The Kier molecular flexibility index (Phi) is 3.68. The summed E-state index contributed by atoms with van der Waals surface area (Å²) in [7, 11) is 0. The highest BCUT2D eigenvalue weighted by Crippen LogP contribution is 2.34. The molecule has 0 bridgehead atoms. The van der Waals surface area contributed by atoms with Gasteiger partial charge in [0.15, 0.2) is 11.4 Å². The Morgan fingerprint density at radius 1 is 1.57 bits per heavy atom. The van der Waals surface area contributed by atoms with Gasteiger partial charge in [-0.2, -0.15) is 5.10 Å². The number of carbonyl (C=O) groups is 1. The number of aromatic nitrogens is 3. The lowest BCUT2D eigenvalue weighted by Crippen LogP contribution is -2.25. The van der Waals surface area contributed by atoms with E-state index in [1.54, 1.807) is 17.0 Å². The van der Waals surface area contributed by atoms with Crippen LogP contribution < -0.4 is 5.73 Å². The molecule has 0 spiro atoms. The molecule has 1 aliphatic rings. The number of rotatable bonds is 4. The molecule has 5 nitrogen and oxygen atoms in total. The van der Waals surface area contributed by atoms with Gasteiger partial charge in [-0.25, -0.2) is 9.67 Å². The van der Waals surface area contributed by atoms with Crippen molar-refractivity contribution < 1.29 is 4.79 Å². The number of fused-ring (bicyclic) bond motifs is 2. The first kappa shape index (κ1) is 14.1. The molecule has 0 aliphatic heterocycles. The van der Waals surface area contributed by atoms with Crippen molar-refractivity contribution in [1.82, 2.24) is 14.8 Å². The minimum Gasteiger partial charge on any atom is -0.397 e. The number of nitrogens with two attached hydrogens (primary N) is 1. The zero-order valence-corrected chi connectivity index (χ0v) is 12.4. The average molecular weight is 305 g/mol. The maximum atomic E-state index is 12.6. The minimum atomic E-state index is -0.0329. The molecule has 6 heteroatoms. The molecular weight excluding hydrogens is 288 g/mol. The number of aryl methyl sites for hydroxylation is 2. The lowest BCUT2D eigenvalue weighted by molar-refractivity contribution is 0.0903. The highest BCUT2D eigenvalue weighted by molar-refractivity contribution is 6.17. The summed E-state index contributed by atoms with van der Waals surface area (Å²) in [6.07, 6.45) is 5.68. The van der Waals surface area contributed by atoms with E-state index in [1.165, 1.54) is 0 Å². The van der Waals surface area contributed by atoms with Gasteiger partial charge < -0.3 is 5.73 Å². The van der Waals surface area contributed by atoms with Crippen molar-refractivity contribution in [2.24, 2.45) is 5.92 Å². The zero-order chi connectivity index (χ0) is 15.0. The van der Waals surface area contributed by atoms with Crippen molar-refractivity contribution >= 4 is 34.1 Å². The van der Waals surface area contributed by atoms with E-state index in [4.69, 9.17) is 17.3 Å². The fourth-order valence-electron chi connectivity index (χ4n) is 2.93. The first-order chi connectivity index (χ1) is 10.2. The first-order valence-electron chi connectivity index (χ1n) is 7.02. The molecule has 0 radical (unpaired) electrons. The Morgan fingerprint density at radius 3 is 3.10 bits per heavy atom. The van der Waals surface area contributed by atoms with E-state index < -0.39 is 0 Å². The van der Waals surface area contributed by atoms with Gasteiger partial charge in [-0.3, -0.25) is 4.79 Å². The number of allylic oxidation sites excluding steroid dienone is 1. The molecular formula is C15H17ClN4O. The number of alkyl halides is 1. The molecule has 2 aromatic rings. The predicted octanol–water partition coefficient (Wildman–Crippen LogP) is 2.57. The minimum absolute atomic E-state index is 0.0329. The Balaban J connectivity index is 2.14. The van der Waals surface area contributed by atoms with Gasteiger partial charge in [0.1, 0.15) is 0 Å². The van der Waals surface area contributed by atoms with Gasteiger partial charge in [0, 0.05) is 11.8 Å². The highest BCUT2D eigenvalue weighted by atomic mass is 35.5. The van der Waals surface area contributed by atoms with Crippen LogP contribution in [0.4, 0.5) is 5.69 Å². The van der Waals surface area contributed by atoms with Crippen LogP contribution in [-0.2, 0) is 13.0 Å². The van der Waals surface area contributed by atoms with E-state index in [2.05, 4.69) is 16.7 Å². The smallest absolute Gasteiger partial charge is 0.170 e. The van der Waals surface area contributed by atoms with Crippen LogP contribution in [0.2, 0.25) is 0 Å². The molecule has 2 aromatic heterocycles. The molecule has 3 rings (SSSR count). The standard InChI is InChI=1S/C15H17ClN4O/c1-2-3-9-4-5-11-12(14(9)21)13(17)10-8-18-20(7-6-16)15(10)19-11/h2,8-9H,1,3-7H2,(H2,17,19). The summed E-state index contributed by atoms with van der Waals surface area (Å²) < 4.78 is 1.74. The molecule has 1 aliphatic carbocycles. The van der Waals surface area contributed by atoms with E-state index in [-0.39, 0.29) is 11.7 Å². The number of nitrogen functional groups attached to an aromatic ring is 1. The van der Waals surface area contributed by atoms with Crippen molar-refractivity contribution in [3.63, 3.8) is 0 Å². The molecule has 1 unspecified atom stereocenters. The van der Waals surface area contributed by atoms with Crippen LogP contribution in [0, 0.1) is 5.92 Å². The third-order valence-corrected chi connectivity index (χ3v) is 4.16. The van der Waals surface area contributed by atoms with Crippen LogP contribution in [0.15, 0.2) is 18.9 Å². The summed E-state index contributed by atoms with van der Waals surface area (Å²) in [6, 6.07) is 0. The zero-order valence-electron chi connectivity index (χ0n) is 11.7. The van der Waals surface area contributed by atoms with E-state index in [0.717, 1.165) is 23.9 Å². The summed E-state index contributed by atoms with van der Waals surface area (Å²) in [6.45, 7) is 4.29. The van der Waals surface area contributed by atoms with Crippen LogP contribution in [0.5, 0.6) is 0 Å². The van der Waals surface area contributed by atoms with Crippen molar-refractivity contribution in [2.75, 3.05) is 11.6 Å². The third-order valence-electron chi connectivity index (χ3n) is 3.99. The molecule has 110 valence electrons. The highest BCUT2D eigenvalue weighted by Gasteiger charge is 2.31. The molecule has 1 atom stereocenters. The Labute approximate surface area is 127 Å². The Hall–Kier alpha value is -1.88. The second kappa shape index (κ2) is 5.48. The predicted molar refractivity (Wildman–Crippen MR) is 83.6 cm³/mol. The van der Waals surface area contributed by atoms with Gasteiger partial charge in [-0.1, -0.05) is 6.08 Å². The molecule has 2 N–H and O–H groups in total. The topological polar surface area (TPSA) is 73.8 Å². The van der Waals surface area contributed by atoms with E-state index in [9.17, 15) is 4.79 Å². The summed E-state index contributed by atoms with van der Waals surface area (Å²) in [5, 5.41) is 4.99. The van der Waals surface area contributed by atoms with Crippen LogP contribution in [-0.4, -0.2) is 26.4 Å². The number of halogens is 1. The number of hydrogen-bond donors (Lipinski definition) is 1. The molecule has 0 saturated heterocycles. The van der Waals surface area contributed by atoms with Crippen LogP contribution in [0.1, 0.15) is 28.9 Å². The number of nitrogens with zero attached hydrogens (tertiary/aromatic N) is 3. The number of Topliss-reactive ketones (excluding diaryl/α,β-unsaturated/α-hetero) is 1. The number of hydrogen-bond acceptors (Lipinski definition) is 4. The maximum absolute atomic E-state index is 12.6. The fourth-order valence-corrected chi connectivity index (χ4v) is 3.09. The monoisotopic (exact) mass is 304 g/mol. The molecule has 0 fully saturated rings. The van der Waals surface area contributed by atoms with Crippen molar-refractivity contribution in [2.45, 2.75) is 25.8 Å². The summed E-state index contributed by atoms with van der Waals surface area (Å²) in [5.74, 6) is 0.498. The quantitative estimate of drug-likeness (QED) is 0.696. The van der Waals surface area contributed by atoms with Gasteiger partial charge in [0.2, 0.25) is 0 Å². The second-order valence-corrected chi connectivity index (χ2v) is 5.64. The summed E-state index contributed by atoms with van der Waals surface area (Å²) >= 11 is 5.77. The molecule has 2 heterocycles. The number of anilines is 1. The SMILES string of the molecule is C=CCC1CCc2nc3c(cnn3CCCl)c(N)c2C1=O. The summed E-state index contributed by atoms with van der Waals surface area (Å²) in [4.78, 5) is 17.2. The molecule has 0 aromatic carbocycles. The largest absolute Gasteiger partial charge is 0.397 e. The van der Waals surface area contributed by atoms with Crippen LogP contribution in [0.3, 0.4) is 0 Å². The van der Waals surface area contributed by atoms with Gasteiger partial charge in [-0.05, 0) is 19.3 Å². The fraction of sp³-hybridized carbons (Fsp3) is 0.400. The van der Waals surface area contributed by atoms with Crippen molar-refractivity contribution in [3.8, 4) is 0 Å². The Morgan fingerprint density at radius 2 is 2.38 bits per heavy atom. The molecule has 0 amide bonds. The van der Waals surface area contributed by atoms with Gasteiger partial charge >= 0.3 is 0 Å².